The third-order valence-electron chi connectivity index (χ3n) is 2.49. The molecule has 0 fully saturated rings. The molecule has 3 N–H and O–H groups in total. The monoisotopic (exact) mass is 233 g/mol. The molecule has 0 aliphatic rings. The third-order valence-corrected chi connectivity index (χ3v) is 3.43. The summed E-state index contributed by atoms with van der Waals surface area (Å²) in [6, 6.07) is 6.04. The highest BCUT2D eigenvalue weighted by Gasteiger charge is 2.02. The summed E-state index contributed by atoms with van der Waals surface area (Å²) in [5, 5.41) is 3.33. The Morgan fingerprint density at radius 2 is 2.19 bits per heavy atom. The third kappa shape index (κ3) is 2.33. The topological polar surface area (TPSA) is 50.9 Å². The van der Waals surface area contributed by atoms with Crippen molar-refractivity contribution in [1.82, 2.24) is 4.98 Å². The van der Waals surface area contributed by atoms with Gasteiger partial charge in [0.15, 0.2) is 0 Å². The van der Waals surface area contributed by atoms with Gasteiger partial charge in [-0.25, -0.2) is 4.98 Å². The molecule has 0 saturated carbocycles. The summed E-state index contributed by atoms with van der Waals surface area (Å²) in [6.07, 6.45) is 0. The van der Waals surface area contributed by atoms with E-state index in [1.165, 1.54) is 10.4 Å². The summed E-state index contributed by atoms with van der Waals surface area (Å²) >= 11 is 1.66. The standard InChI is InChI=1S/C12H15N3S/c1-8-3-4-11(10(13)5-8)14-6-12-9(2)15-7-16-12/h3-5,7,14H,6,13H2,1-2H3. The van der Waals surface area contributed by atoms with Crippen molar-refractivity contribution >= 4 is 22.7 Å². The lowest BCUT2D eigenvalue weighted by molar-refractivity contribution is 1.12. The molecule has 1 heterocycles. The number of benzene rings is 1. The first-order valence-electron chi connectivity index (χ1n) is 5.16. The first kappa shape index (κ1) is 11.0. The lowest BCUT2D eigenvalue weighted by Gasteiger charge is -2.09. The molecule has 2 aromatic rings. The molecule has 3 nitrogen and oxygen atoms in total. The molecule has 0 aliphatic heterocycles. The van der Waals surface area contributed by atoms with Crippen molar-refractivity contribution in [1.29, 1.82) is 0 Å². The highest BCUT2D eigenvalue weighted by molar-refractivity contribution is 7.09. The number of nitrogen functional groups attached to an aromatic ring is 1. The molecule has 0 unspecified atom stereocenters. The molecule has 4 heteroatoms. The molecule has 16 heavy (non-hydrogen) atoms. The zero-order valence-corrected chi connectivity index (χ0v) is 10.3. The van der Waals surface area contributed by atoms with Crippen molar-refractivity contribution in [3.05, 3.63) is 39.8 Å². The summed E-state index contributed by atoms with van der Waals surface area (Å²) in [6.45, 7) is 4.84. The van der Waals surface area contributed by atoms with Crippen LogP contribution >= 0.6 is 11.3 Å². The van der Waals surface area contributed by atoms with E-state index in [2.05, 4.69) is 16.4 Å². The average Bonchev–Trinajstić information content (AvgIpc) is 2.63. The number of aromatic nitrogens is 1. The molecule has 1 aromatic heterocycles. The lowest BCUT2D eigenvalue weighted by atomic mass is 10.2. The number of rotatable bonds is 3. The van der Waals surface area contributed by atoms with Gasteiger partial charge in [0.1, 0.15) is 0 Å². The van der Waals surface area contributed by atoms with Gasteiger partial charge in [0.05, 0.1) is 29.1 Å². The zero-order valence-electron chi connectivity index (χ0n) is 9.45. The number of hydrogen-bond acceptors (Lipinski definition) is 4. The summed E-state index contributed by atoms with van der Waals surface area (Å²) in [7, 11) is 0. The largest absolute Gasteiger partial charge is 0.397 e. The smallest absolute Gasteiger partial charge is 0.0798 e. The van der Waals surface area contributed by atoms with E-state index in [-0.39, 0.29) is 0 Å². The zero-order chi connectivity index (χ0) is 11.5. The Morgan fingerprint density at radius 3 is 2.81 bits per heavy atom. The van der Waals surface area contributed by atoms with Crippen molar-refractivity contribution in [2.24, 2.45) is 0 Å². The van der Waals surface area contributed by atoms with Gasteiger partial charge in [0.25, 0.3) is 0 Å². The van der Waals surface area contributed by atoms with Gasteiger partial charge < -0.3 is 11.1 Å². The Balaban J connectivity index is 2.08. The number of hydrogen-bond donors (Lipinski definition) is 2. The second-order valence-electron chi connectivity index (χ2n) is 3.81. The number of thiazole rings is 1. The predicted molar refractivity (Wildman–Crippen MR) is 69.8 cm³/mol. The van der Waals surface area contributed by atoms with Crippen LogP contribution in [0.4, 0.5) is 11.4 Å². The van der Waals surface area contributed by atoms with E-state index >= 15 is 0 Å². The van der Waals surface area contributed by atoms with E-state index in [9.17, 15) is 0 Å². The Labute approximate surface area is 99.3 Å². The highest BCUT2D eigenvalue weighted by atomic mass is 32.1. The molecule has 0 bridgehead atoms. The maximum absolute atomic E-state index is 5.92. The molecule has 2 rings (SSSR count). The van der Waals surface area contributed by atoms with Crippen LogP contribution < -0.4 is 11.1 Å². The van der Waals surface area contributed by atoms with Gasteiger partial charge in [-0.3, -0.25) is 0 Å². The minimum atomic E-state index is 0.782. The Kier molecular flexibility index (Phi) is 3.10. The quantitative estimate of drug-likeness (QED) is 0.801. The molecule has 0 spiro atoms. The predicted octanol–water partition coefficient (Wildman–Crippen LogP) is 2.95. The molecular weight excluding hydrogens is 218 g/mol. The molecule has 0 atom stereocenters. The van der Waals surface area contributed by atoms with Crippen molar-refractivity contribution in [2.75, 3.05) is 11.1 Å². The van der Waals surface area contributed by atoms with E-state index in [0.29, 0.717) is 0 Å². The minimum Gasteiger partial charge on any atom is -0.397 e. The molecule has 84 valence electrons. The molecule has 0 aliphatic carbocycles. The summed E-state index contributed by atoms with van der Waals surface area (Å²) in [4.78, 5) is 5.46. The van der Waals surface area contributed by atoms with Crippen molar-refractivity contribution < 1.29 is 0 Å². The summed E-state index contributed by atoms with van der Waals surface area (Å²) < 4.78 is 0. The number of nitrogens with one attached hydrogen (secondary N) is 1. The molecule has 0 saturated heterocycles. The maximum Gasteiger partial charge on any atom is 0.0798 e. The van der Waals surface area contributed by atoms with Crippen LogP contribution in [0.25, 0.3) is 0 Å². The van der Waals surface area contributed by atoms with Crippen LogP contribution in [0, 0.1) is 13.8 Å². The highest BCUT2D eigenvalue weighted by Crippen LogP contribution is 2.21. The molecule has 0 amide bonds. The van der Waals surface area contributed by atoms with E-state index in [1.807, 2.05) is 31.5 Å². The molecule has 0 radical (unpaired) electrons. The van der Waals surface area contributed by atoms with Gasteiger partial charge in [-0.05, 0) is 31.5 Å². The number of aryl methyl sites for hydroxylation is 2. The molecular formula is C12H15N3S. The lowest BCUT2D eigenvalue weighted by Crippen LogP contribution is -2.02. The summed E-state index contributed by atoms with van der Waals surface area (Å²) in [5.74, 6) is 0. The van der Waals surface area contributed by atoms with Gasteiger partial charge in [0, 0.05) is 4.88 Å². The Morgan fingerprint density at radius 1 is 1.38 bits per heavy atom. The SMILES string of the molecule is Cc1ccc(NCc2scnc2C)c(N)c1. The number of nitrogens with two attached hydrogens (primary N) is 1. The number of anilines is 2. The number of nitrogens with zero attached hydrogens (tertiary/aromatic N) is 1. The first-order valence-corrected chi connectivity index (χ1v) is 6.04. The van der Waals surface area contributed by atoms with Crippen LogP contribution in [-0.2, 0) is 6.54 Å². The van der Waals surface area contributed by atoms with E-state index < -0.39 is 0 Å². The second-order valence-corrected chi connectivity index (χ2v) is 4.74. The van der Waals surface area contributed by atoms with Gasteiger partial charge in [-0.1, -0.05) is 6.07 Å². The van der Waals surface area contributed by atoms with Gasteiger partial charge >= 0.3 is 0 Å². The average molecular weight is 233 g/mol. The van der Waals surface area contributed by atoms with Crippen LogP contribution in [0.1, 0.15) is 16.1 Å². The fourth-order valence-electron chi connectivity index (χ4n) is 1.51. The fourth-order valence-corrected chi connectivity index (χ4v) is 2.23. The van der Waals surface area contributed by atoms with Gasteiger partial charge in [-0.2, -0.15) is 0 Å². The van der Waals surface area contributed by atoms with Gasteiger partial charge in [0.2, 0.25) is 0 Å². The van der Waals surface area contributed by atoms with Crippen LogP contribution in [0.5, 0.6) is 0 Å². The van der Waals surface area contributed by atoms with E-state index in [1.54, 1.807) is 11.3 Å². The maximum atomic E-state index is 5.92. The van der Waals surface area contributed by atoms with Crippen molar-refractivity contribution in [3.8, 4) is 0 Å². The van der Waals surface area contributed by atoms with Crippen LogP contribution in [0.15, 0.2) is 23.7 Å². The van der Waals surface area contributed by atoms with E-state index in [4.69, 9.17) is 5.73 Å². The van der Waals surface area contributed by atoms with Crippen molar-refractivity contribution in [3.63, 3.8) is 0 Å². The van der Waals surface area contributed by atoms with E-state index in [0.717, 1.165) is 23.6 Å². The van der Waals surface area contributed by atoms with Crippen LogP contribution in [0.2, 0.25) is 0 Å². The fraction of sp³-hybridized carbons (Fsp3) is 0.250. The Hall–Kier alpha value is -1.55. The van der Waals surface area contributed by atoms with Crippen molar-refractivity contribution in [2.45, 2.75) is 20.4 Å². The summed E-state index contributed by atoms with van der Waals surface area (Å²) in [5.41, 5.74) is 11.8. The van der Waals surface area contributed by atoms with Crippen LogP contribution in [-0.4, -0.2) is 4.98 Å². The Bertz CT molecular complexity index is 491. The normalized spacial score (nSPS) is 10.4. The van der Waals surface area contributed by atoms with Crippen LogP contribution in [0.3, 0.4) is 0 Å². The van der Waals surface area contributed by atoms with Gasteiger partial charge in [-0.15, -0.1) is 11.3 Å². The minimum absolute atomic E-state index is 0.782. The second kappa shape index (κ2) is 4.53. The molecule has 1 aromatic carbocycles. The first-order chi connectivity index (χ1) is 7.66.